The molecule has 0 N–H and O–H groups in total. The zero-order valence-electron chi connectivity index (χ0n) is 27.9. The third-order valence-electron chi connectivity index (χ3n) is 9.22. The maximum absolute atomic E-state index is 12.2. The molecule has 0 saturated carbocycles. The van der Waals surface area contributed by atoms with E-state index in [-0.39, 0.29) is 5.75 Å². The molecule has 0 spiro atoms. The fraction of sp³-hybridized carbons (Fsp3) is 0.282. The zero-order chi connectivity index (χ0) is 33.7. The van der Waals surface area contributed by atoms with E-state index >= 15 is 0 Å². The summed E-state index contributed by atoms with van der Waals surface area (Å²) in [5.74, 6) is 2.55. The number of hydrogen-bond donors (Lipinski definition) is 0. The number of methoxy groups -OCH3 is 2. The summed E-state index contributed by atoms with van der Waals surface area (Å²) >= 11 is -2.34. The largest absolute Gasteiger partial charge is 0.772 e. The first kappa shape index (κ1) is 32.8. The van der Waals surface area contributed by atoms with Gasteiger partial charge < -0.3 is 23.5 Å². The van der Waals surface area contributed by atoms with Crippen LogP contribution in [0.25, 0.3) is 21.9 Å². The lowest BCUT2D eigenvalue weighted by Gasteiger charge is -2.25. The maximum atomic E-state index is 12.2. The average molecular weight is 675 g/mol. The summed E-state index contributed by atoms with van der Waals surface area (Å²) in [7, 11) is 3.32. The van der Waals surface area contributed by atoms with E-state index in [0.29, 0.717) is 36.8 Å². The second kappa shape index (κ2) is 14.8. The number of hydrogen-bond acceptors (Lipinski definition) is 8. The molecule has 1 fully saturated rings. The number of benzene rings is 4. The minimum Gasteiger partial charge on any atom is -0.772 e. The summed E-state index contributed by atoms with van der Waals surface area (Å²) in [6.07, 6.45) is 2.52. The van der Waals surface area contributed by atoms with E-state index in [2.05, 4.69) is 62.9 Å². The molecular weight excluding hydrogens is 635 g/mol. The lowest BCUT2D eigenvalue weighted by atomic mass is 10.1. The standard InChI is InChI=1S/C39H41N5O4S/c1-47-32-17-13-29(14-18-32)24-43(25-30-15-19-33(48-2)20-16-30)39-37-38(34-7-3-4-8-35(34)40-39)44(36(41-37)27-49(45)46)26-31-11-9-28(10-12-31)23-42-21-5-6-22-42/h3-4,7-20H,5-6,21-27H2,1-2H3,(H,45,46)/p-1. The fourth-order valence-electron chi connectivity index (χ4n) is 6.71. The van der Waals surface area contributed by atoms with Crippen LogP contribution in [0.2, 0.25) is 0 Å². The number of anilines is 1. The Bertz CT molecular complexity index is 2010. The van der Waals surface area contributed by atoms with Gasteiger partial charge in [-0.3, -0.25) is 9.11 Å². The number of likely N-dealkylation sites (tertiary alicyclic amines) is 1. The van der Waals surface area contributed by atoms with Crippen molar-refractivity contribution in [1.82, 2.24) is 19.4 Å². The molecule has 0 aliphatic carbocycles. The van der Waals surface area contributed by atoms with Crippen LogP contribution < -0.4 is 14.4 Å². The Balaban J connectivity index is 1.34. The summed E-state index contributed by atoms with van der Waals surface area (Å²) in [5.41, 5.74) is 6.88. The topological polar surface area (TPSA) is 95.8 Å². The fourth-order valence-corrected chi connectivity index (χ4v) is 7.14. The molecule has 0 radical (unpaired) electrons. The number of fused-ring (bicyclic) bond motifs is 3. The van der Waals surface area contributed by atoms with Crippen LogP contribution in [0.1, 0.15) is 40.9 Å². The highest BCUT2D eigenvalue weighted by Gasteiger charge is 2.23. The Morgan fingerprint density at radius 1 is 0.735 bits per heavy atom. The first-order valence-corrected chi connectivity index (χ1v) is 17.9. The lowest BCUT2D eigenvalue weighted by Crippen LogP contribution is -2.23. The quantitative estimate of drug-likeness (QED) is 0.123. The second-order valence-corrected chi connectivity index (χ2v) is 13.5. The third kappa shape index (κ3) is 7.46. The van der Waals surface area contributed by atoms with E-state index < -0.39 is 11.1 Å². The first-order chi connectivity index (χ1) is 24.0. The second-order valence-electron chi connectivity index (χ2n) is 12.6. The molecule has 1 aliphatic heterocycles. The summed E-state index contributed by atoms with van der Waals surface area (Å²) in [6.45, 7) is 4.82. The number of pyridine rings is 1. The minimum atomic E-state index is -2.34. The van der Waals surface area contributed by atoms with E-state index in [0.717, 1.165) is 64.2 Å². The summed E-state index contributed by atoms with van der Waals surface area (Å²) in [6, 6.07) is 32.7. The highest BCUT2D eigenvalue weighted by Crippen LogP contribution is 2.35. The molecular formula is C39H40N5O4S-. The van der Waals surface area contributed by atoms with Crippen molar-refractivity contribution in [3.63, 3.8) is 0 Å². The van der Waals surface area contributed by atoms with E-state index in [4.69, 9.17) is 19.4 Å². The number of aromatic nitrogens is 3. The van der Waals surface area contributed by atoms with Gasteiger partial charge >= 0.3 is 0 Å². The predicted octanol–water partition coefficient (Wildman–Crippen LogP) is 6.83. The van der Waals surface area contributed by atoms with Gasteiger partial charge in [-0.15, -0.1) is 0 Å². The van der Waals surface area contributed by atoms with Crippen molar-refractivity contribution in [2.45, 2.75) is 44.8 Å². The Morgan fingerprint density at radius 3 is 1.86 bits per heavy atom. The van der Waals surface area contributed by atoms with Gasteiger partial charge in [0.05, 0.1) is 31.0 Å². The summed E-state index contributed by atoms with van der Waals surface area (Å²) in [4.78, 5) is 15.0. The van der Waals surface area contributed by atoms with Gasteiger partial charge in [-0.25, -0.2) is 9.97 Å². The highest BCUT2D eigenvalue weighted by molar-refractivity contribution is 7.78. The van der Waals surface area contributed by atoms with Crippen LogP contribution in [0.5, 0.6) is 11.5 Å². The summed E-state index contributed by atoms with van der Waals surface area (Å²) < 4.78 is 37.3. The molecule has 1 aliphatic rings. The van der Waals surface area contributed by atoms with Gasteiger partial charge in [0.1, 0.15) is 22.8 Å². The van der Waals surface area contributed by atoms with Crippen LogP contribution in [0, 0.1) is 0 Å². The maximum Gasteiger partial charge on any atom is 0.158 e. The van der Waals surface area contributed by atoms with Gasteiger partial charge in [0, 0.05) is 31.6 Å². The SMILES string of the molecule is COc1ccc(CN(Cc2ccc(OC)cc2)c2nc3ccccc3c3c2nc(CS(=O)[O-])n3Cc2ccc(CN3CCCC3)cc2)cc1. The van der Waals surface area contributed by atoms with Crippen molar-refractivity contribution in [2.75, 3.05) is 32.2 Å². The van der Waals surface area contributed by atoms with Gasteiger partial charge in [0.2, 0.25) is 0 Å². The van der Waals surface area contributed by atoms with Crippen LogP contribution >= 0.6 is 0 Å². The van der Waals surface area contributed by atoms with Gasteiger partial charge in [-0.05, 0) is 89.6 Å². The van der Waals surface area contributed by atoms with Gasteiger partial charge in [0.25, 0.3) is 0 Å². The van der Waals surface area contributed by atoms with E-state index in [1.54, 1.807) is 14.2 Å². The Morgan fingerprint density at radius 2 is 1.29 bits per heavy atom. The van der Waals surface area contributed by atoms with Crippen molar-refractivity contribution in [2.24, 2.45) is 0 Å². The number of rotatable bonds is 13. The van der Waals surface area contributed by atoms with Crippen LogP contribution in [-0.4, -0.2) is 55.5 Å². The molecule has 1 saturated heterocycles. The zero-order valence-corrected chi connectivity index (χ0v) is 28.7. The van der Waals surface area contributed by atoms with Crippen LogP contribution in [0.4, 0.5) is 5.82 Å². The third-order valence-corrected chi connectivity index (χ3v) is 9.72. The number of para-hydroxylation sites is 1. The van der Waals surface area contributed by atoms with E-state index in [9.17, 15) is 8.76 Å². The Hall–Kier alpha value is -4.77. The van der Waals surface area contributed by atoms with Crippen LogP contribution in [-0.2, 0) is 43.0 Å². The molecule has 4 aromatic carbocycles. The normalized spacial score (nSPS) is 14.0. The number of imidazole rings is 1. The van der Waals surface area contributed by atoms with Crippen molar-refractivity contribution in [3.8, 4) is 11.5 Å². The molecule has 7 rings (SSSR count). The average Bonchev–Trinajstić information content (AvgIpc) is 3.77. The monoisotopic (exact) mass is 674 g/mol. The number of nitrogens with zero attached hydrogens (tertiary/aromatic N) is 5. The smallest absolute Gasteiger partial charge is 0.158 e. The van der Waals surface area contributed by atoms with Crippen molar-refractivity contribution < 1.29 is 18.2 Å². The molecule has 0 amide bonds. The molecule has 10 heteroatoms. The first-order valence-electron chi connectivity index (χ1n) is 16.6. The van der Waals surface area contributed by atoms with Crippen LogP contribution in [0.3, 0.4) is 0 Å². The van der Waals surface area contributed by atoms with Crippen LogP contribution in [0.15, 0.2) is 97.1 Å². The molecule has 252 valence electrons. The molecule has 0 bridgehead atoms. The van der Waals surface area contributed by atoms with Crippen molar-refractivity contribution >= 4 is 38.8 Å². The predicted molar refractivity (Wildman–Crippen MR) is 194 cm³/mol. The molecule has 3 heterocycles. The van der Waals surface area contributed by atoms with Gasteiger partial charge in [-0.2, -0.15) is 0 Å². The minimum absolute atomic E-state index is 0.202. The van der Waals surface area contributed by atoms with Crippen molar-refractivity contribution in [3.05, 3.63) is 125 Å². The molecule has 9 nitrogen and oxygen atoms in total. The van der Waals surface area contributed by atoms with E-state index in [1.165, 1.54) is 18.4 Å². The van der Waals surface area contributed by atoms with Crippen molar-refractivity contribution in [1.29, 1.82) is 0 Å². The summed E-state index contributed by atoms with van der Waals surface area (Å²) in [5, 5.41) is 0.927. The molecule has 49 heavy (non-hydrogen) atoms. The molecule has 6 aromatic rings. The van der Waals surface area contributed by atoms with Gasteiger partial charge in [0.15, 0.2) is 5.82 Å². The number of ether oxygens (including phenoxy) is 2. The highest BCUT2D eigenvalue weighted by atomic mass is 32.2. The molecule has 1 unspecified atom stereocenters. The lowest BCUT2D eigenvalue weighted by molar-refractivity contribution is 0.331. The van der Waals surface area contributed by atoms with E-state index in [1.807, 2.05) is 48.5 Å². The Labute approximate surface area is 289 Å². The van der Waals surface area contributed by atoms with Gasteiger partial charge in [-0.1, -0.05) is 66.7 Å². The Kier molecular flexibility index (Phi) is 9.88. The molecule has 1 atom stereocenters. The molecule has 2 aromatic heterocycles.